The quantitative estimate of drug-likeness (QED) is 0.728. The molecule has 136 valence electrons. The van der Waals surface area contributed by atoms with E-state index >= 15 is 0 Å². The fourth-order valence-corrected chi connectivity index (χ4v) is 4.63. The van der Waals surface area contributed by atoms with E-state index in [-0.39, 0.29) is 6.03 Å². The Hall–Kier alpha value is -2.09. The molecule has 6 nitrogen and oxygen atoms in total. The van der Waals surface area contributed by atoms with Crippen LogP contribution in [0.3, 0.4) is 0 Å². The second-order valence-corrected chi connectivity index (χ2v) is 7.87. The highest BCUT2D eigenvalue weighted by atomic mass is 35.5. The number of thiophene rings is 1. The molecule has 3 aromatic rings. The van der Waals surface area contributed by atoms with E-state index in [0.29, 0.717) is 24.7 Å². The van der Waals surface area contributed by atoms with Gasteiger partial charge in [0.05, 0.1) is 5.02 Å². The van der Waals surface area contributed by atoms with Gasteiger partial charge in [-0.3, -0.25) is 10.2 Å². The number of aryl methyl sites for hydroxylation is 1. The van der Waals surface area contributed by atoms with Crippen molar-refractivity contribution in [3.8, 4) is 0 Å². The molecular weight excluding hydrogens is 372 g/mol. The van der Waals surface area contributed by atoms with E-state index in [1.165, 1.54) is 9.58 Å². The summed E-state index contributed by atoms with van der Waals surface area (Å²) in [6, 6.07) is 9.77. The third-order valence-electron chi connectivity index (χ3n) is 4.49. The maximum absolute atomic E-state index is 12.3. The van der Waals surface area contributed by atoms with Crippen LogP contribution in [0.5, 0.6) is 0 Å². The van der Waals surface area contributed by atoms with Crippen molar-refractivity contribution in [3.05, 3.63) is 46.0 Å². The van der Waals surface area contributed by atoms with Crippen molar-refractivity contribution in [3.63, 3.8) is 0 Å². The van der Waals surface area contributed by atoms with Crippen LogP contribution >= 0.6 is 22.9 Å². The standard InChI is InChI=1S/C18H19ClN4O2S/c1-12-10-16(21-25-12)20-18(24)23-8-6-22(7-9-23)11-15-17(19)13-4-2-3-5-14(13)26-15/h2-5,10H,6-9,11H2,1H3,(H,20,21,24). The molecule has 0 aliphatic carbocycles. The SMILES string of the molecule is Cc1cc(NC(=O)N2CCN(Cc3sc4ccccc4c3Cl)CC2)no1. The molecule has 0 unspecified atom stereocenters. The van der Waals surface area contributed by atoms with E-state index in [1.54, 1.807) is 29.2 Å². The lowest BCUT2D eigenvalue weighted by atomic mass is 10.2. The average Bonchev–Trinajstić information content (AvgIpc) is 3.19. The number of aromatic nitrogens is 1. The van der Waals surface area contributed by atoms with Gasteiger partial charge < -0.3 is 9.42 Å². The van der Waals surface area contributed by atoms with Crippen LogP contribution in [0.1, 0.15) is 10.6 Å². The van der Waals surface area contributed by atoms with Crippen LogP contribution in [0.25, 0.3) is 10.1 Å². The van der Waals surface area contributed by atoms with Gasteiger partial charge in [-0.05, 0) is 13.0 Å². The molecule has 0 radical (unpaired) electrons. The van der Waals surface area contributed by atoms with Crippen molar-refractivity contribution in [2.24, 2.45) is 0 Å². The minimum atomic E-state index is -0.141. The number of nitrogens with zero attached hydrogens (tertiary/aromatic N) is 3. The molecule has 26 heavy (non-hydrogen) atoms. The second-order valence-electron chi connectivity index (χ2n) is 6.35. The number of nitrogens with one attached hydrogen (secondary N) is 1. The molecule has 1 fully saturated rings. The van der Waals surface area contributed by atoms with Crippen LogP contribution in [-0.2, 0) is 6.54 Å². The summed E-state index contributed by atoms with van der Waals surface area (Å²) in [6.45, 7) is 5.58. The second kappa shape index (κ2) is 7.26. The number of hydrogen-bond acceptors (Lipinski definition) is 5. The largest absolute Gasteiger partial charge is 0.360 e. The number of fused-ring (bicyclic) bond motifs is 1. The number of rotatable bonds is 3. The van der Waals surface area contributed by atoms with Crippen molar-refractivity contribution in [1.29, 1.82) is 0 Å². The number of amides is 2. The van der Waals surface area contributed by atoms with Crippen molar-refractivity contribution < 1.29 is 9.32 Å². The molecule has 1 aliphatic heterocycles. The lowest BCUT2D eigenvalue weighted by Gasteiger charge is -2.34. The number of urea groups is 1. The van der Waals surface area contributed by atoms with Crippen molar-refractivity contribution in [2.45, 2.75) is 13.5 Å². The number of anilines is 1. The van der Waals surface area contributed by atoms with Gasteiger partial charge in [0.2, 0.25) is 0 Å². The smallest absolute Gasteiger partial charge is 0.323 e. The molecular formula is C18H19ClN4O2S. The third-order valence-corrected chi connectivity index (χ3v) is 6.19. The van der Waals surface area contributed by atoms with Gasteiger partial charge in [-0.2, -0.15) is 0 Å². The number of carbonyl (C=O) groups is 1. The summed E-state index contributed by atoms with van der Waals surface area (Å²) < 4.78 is 6.19. The molecule has 0 spiro atoms. The molecule has 1 saturated heterocycles. The zero-order valence-corrected chi connectivity index (χ0v) is 15.9. The summed E-state index contributed by atoms with van der Waals surface area (Å²) in [5.41, 5.74) is 0. The molecule has 0 saturated carbocycles. The highest BCUT2D eigenvalue weighted by molar-refractivity contribution is 7.19. The normalized spacial score (nSPS) is 15.5. The van der Waals surface area contributed by atoms with E-state index in [4.69, 9.17) is 16.1 Å². The Balaban J connectivity index is 1.34. The fraction of sp³-hybridized carbons (Fsp3) is 0.333. The van der Waals surface area contributed by atoms with E-state index in [9.17, 15) is 4.79 Å². The van der Waals surface area contributed by atoms with Crippen LogP contribution in [-0.4, -0.2) is 47.2 Å². The summed E-state index contributed by atoms with van der Waals surface area (Å²) in [5.74, 6) is 1.12. The molecule has 0 bridgehead atoms. The molecule has 4 rings (SSSR count). The highest BCUT2D eigenvalue weighted by Crippen LogP contribution is 2.36. The highest BCUT2D eigenvalue weighted by Gasteiger charge is 2.23. The maximum Gasteiger partial charge on any atom is 0.323 e. The van der Waals surface area contributed by atoms with Gasteiger partial charge in [-0.25, -0.2) is 4.79 Å². The topological polar surface area (TPSA) is 61.6 Å². The third kappa shape index (κ3) is 3.56. The molecule has 1 aliphatic rings. The predicted molar refractivity (Wildman–Crippen MR) is 104 cm³/mol. The number of hydrogen-bond donors (Lipinski definition) is 1. The lowest BCUT2D eigenvalue weighted by Crippen LogP contribution is -2.49. The molecule has 8 heteroatoms. The van der Waals surface area contributed by atoms with Crippen LogP contribution in [0.15, 0.2) is 34.9 Å². The fourth-order valence-electron chi connectivity index (χ4n) is 3.09. The van der Waals surface area contributed by atoms with Gasteiger partial charge in [0.15, 0.2) is 5.82 Å². The van der Waals surface area contributed by atoms with E-state index in [1.807, 2.05) is 12.1 Å². The Bertz CT molecular complexity index is 930. The van der Waals surface area contributed by atoms with Crippen LogP contribution < -0.4 is 5.32 Å². The molecule has 3 heterocycles. The van der Waals surface area contributed by atoms with Crippen LogP contribution in [0.4, 0.5) is 10.6 Å². The predicted octanol–water partition coefficient (Wildman–Crippen LogP) is 4.20. The zero-order chi connectivity index (χ0) is 18.1. The summed E-state index contributed by atoms with van der Waals surface area (Å²) in [4.78, 5) is 17.6. The van der Waals surface area contributed by atoms with E-state index in [0.717, 1.165) is 30.0 Å². The Morgan fingerprint density at radius 2 is 2.08 bits per heavy atom. The minimum Gasteiger partial charge on any atom is -0.360 e. The lowest BCUT2D eigenvalue weighted by molar-refractivity contribution is 0.143. The Labute approximate surface area is 160 Å². The Morgan fingerprint density at radius 1 is 1.31 bits per heavy atom. The zero-order valence-electron chi connectivity index (χ0n) is 14.4. The Morgan fingerprint density at radius 3 is 2.77 bits per heavy atom. The minimum absolute atomic E-state index is 0.141. The van der Waals surface area contributed by atoms with Gasteiger partial charge in [-0.15, -0.1) is 11.3 Å². The maximum atomic E-state index is 12.3. The summed E-state index contributed by atoms with van der Waals surface area (Å²) in [6.07, 6.45) is 0. The van der Waals surface area contributed by atoms with Crippen LogP contribution in [0.2, 0.25) is 5.02 Å². The molecule has 2 amide bonds. The van der Waals surface area contributed by atoms with Crippen molar-refractivity contribution in [2.75, 3.05) is 31.5 Å². The van der Waals surface area contributed by atoms with E-state index < -0.39 is 0 Å². The first-order valence-electron chi connectivity index (χ1n) is 8.47. The monoisotopic (exact) mass is 390 g/mol. The van der Waals surface area contributed by atoms with Gasteiger partial charge in [0, 0.05) is 53.8 Å². The molecule has 0 atom stereocenters. The number of piperazine rings is 1. The molecule has 2 aromatic heterocycles. The summed E-state index contributed by atoms with van der Waals surface area (Å²) in [5, 5.41) is 8.54. The molecule has 1 N–H and O–H groups in total. The first-order valence-corrected chi connectivity index (χ1v) is 9.67. The van der Waals surface area contributed by atoms with Gasteiger partial charge in [0.1, 0.15) is 5.76 Å². The van der Waals surface area contributed by atoms with Gasteiger partial charge >= 0.3 is 6.03 Å². The average molecular weight is 391 g/mol. The number of benzene rings is 1. The summed E-state index contributed by atoms with van der Waals surface area (Å²) in [7, 11) is 0. The first kappa shape index (κ1) is 17.3. The number of halogens is 1. The van der Waals surface area contributed by atoms with Crippen molar-refractivity contribution in [1.82, 2.24) is 15.0 Å². The number of carbonyl (C=O) groups excluding carboxylic acids is 1. The summed E-state index contributed by atoms with van der Waals surface area (Å²) >= 11 is 8.28. The van der Waals surface area contributed by atoms with Gasteiger partial charge in [0.25, 0.3) is 0 Å². The van der Waals surface area contributed by atoms with Gasteiger partial charge in [-0.1, -0.05) is 35.0 Å². The Kier molecular flexibility index (Phi) is 4.84. The van der Waals surface area contributed by atoms with Crippen molar-refractivity contribution >= 4 is 44.9 Å². The van der Waals surface area contributed by atoms with Crippen LogP contribution in [0, 0.1) is 6.92 Å². The van der Waals surface area contributed by atoms with E-state index in [2.05, 4.69) is 27.5 Å². The first-order chi connectivity index (χ1) is 12.6. The molecule has 1 aromatic carbocycles.